The number of phosphoric acid groups is 2. The van der Waals surface area contributed by atoms with E-state index in [4.69, 9.17) is 37.0 Å². The third kappa shape index (κ3) is 77.4. The number of ether oxygens (including phenoxy) is 4. The van der Waals surface area contributed by atoms with Crippen molar-refractivity contribution in [2.45, 2.75) is 354 Å². The molecule has 0 fully saturated rings. The molecule has 0 heterocycles. The van der Waals surface area contributed by atoms with Gasteiger partial charge in [0.25, 0.3) is 0 Å². The average Bonchev–Trinajstić information content (AvgIpc) is 0.902. The van der Waals surface area contributed by atoms with Crippen molar-refractivity contribution in [3.63, 3.8) is 0 Å². The van der Waals surface area contributed by atoms with Crippen molar-refractivity contribution >= 4 is 39.5 Å². The number of rotatable bonds is 77. The number of carbonyl (C=O) groups is 4. The second kappa shape index (κ2) is 78.3. The Balaban J connectivity index is 5.45. The molecule has 0 bridgehead atoms. The van der Waals surface area contributed by atoms with E-state index in [2.05, 4.69) is 149 Å². The summed E-state index contributed by atoms with van der Waals surface area (Å²) < 4.78 is 68.6. The van der Waals surface area contributed by atoms with Gasteiger partial charge in [0.1, 0.15) is 19.3 Å². The predicted molar refractivity (Wildman–Crippen MR) is 436 cm³/mol. The molecular formula is C87H148O17P2. The van der Waals surface area contributed by atoms with E-state index < -0.39 is 97.5 Å². The van der Waals surface area contributed by atoms with Gasteiger partial charge >= 0.3 is 39.5 Å². The van der Waals surface area contributed by atoms with Crippen LogP contribution in [0.25, 0.3) is 0 Å². The van der Waals surface area contributed by atoms with Crippen LogP contribution in [0.2, 0.25) is 0 Å². The normalized spacial score (nSPS) is 14.5. The molecule has 0 aliphatic carbocycles. The number of esters is 4. The molecule has 0 aliphatic heterocycles. The maximum absolute atomic E-state index is 13.1. The highest BCUT2D eigenvalue weighted by Gasteiger charge is 2.30. The standard InChI is InChI=1S/C87H148O17P2/c1-5-9-13-17-21-25-29-33-37-39-40-42-45-48-52-56-60-64-68-72-85(90)98-78-83(104-87(92)74-70-66-62-58-54-50-46-41-38-34-30-26-22-18-14-10-6-2)80-102-106(95,96)100-76-81(88)75-99-105(93,94)101-79-82(103-86(91)73-69-65-61-57-53-49-44-36-32-28-24-20-16-12-8-4)77-97-84(89)71-67-63-59-55-51-47-43-35-31-27-23-19-15-11-7-3/h9-10,13-14,21-22,25-26,33-35,37-38,40,42-43,46,48,50,52,58,62,81-83,88H,5-8,11-12,15-20,23-24,27-32,36,39,41,44-45,47,49,51,53-57,59-61,63-80H2,1-4H3,(H,93,94)(H,95,96)/b13-9-,14-10-,25-21-,26-22-,37-33-,38-34-,42-40-,43-35-,50-46-,52-48-,62-58-. The lowest BCUT2D eigenvalue weighted by Crippen LogP contribution is -2.30. The topological polar surface area (TPSA) is 237 Å². The van der Waals surface area contributed by atoms with Crippen LogP contribution in [0, 0.1) is 0 Å². The van der Waals surface area contributed by atoms with Crippen LogP contribution >= 0.6 is 15.6 Å². The second-order valence-electron chi connectivity index (χ2n) is 27.3. The molecule has 0 saturated carbocycles. The van der Waals surface area contributed by atoms with Crippen molar-refractivity contribution < 1.29 is 80.2 Å². The molecule has 0 saturated heterocycles. The molecule has 0 amide bonds. The van der Waals surface area contributed by atoms with Gasteiger partial charge in [0, 0.05) is 25.7 Å². The van der Waals surface area contributed by atoms with E-state index in [1.165, 1.54) is 103 Å². The van der Waals surface area contributed by atoms with E-state index in [9.17, 15) is 43.2 Å². The minimum Gasteiger partial charge on any atom is -0.462 e. The first-order valence-electron chi connectivity index (χ1n) is 41.4. The quantitative estimate of drug-likeness (QED) is 0.0169. The summed E-state index contributed by atoms with van der Waals surface area (Å²) in [6, 6.07) is 0. The smallest absolute Gasteiger partial charge is 0.462 e. The molecule has 19 heteroatoms. The molecular weight excluding hydrogens is 1380 g/mol. The Morgan fingerprint density at radius 2 is 0.500 bits per heavy atom. The van der Waals surface area contributed by atoms with E-state index in [1.807, 2.05) is 12.2 Å². The summed E-state index contributed by atoms with van der Waals surface area (Å²) >= 11 is 0. The zero-order valence-corrected chi connectivity index (χ0v) is 68.4. The molecule has 0 aliphatic rings. The molecule has 0 aromatic heterocycles. The van der Waals surface area contributed by atoms with Gasteiger partial charge < -0.3 is 33.8 Å². The van der Waals surface area contributed by atoms with Gasteiger partial charge in [0.15, 0.2) is 12.2 Å². The Hall–Kier alpha value is -4.80. The first-order valence-corrected chi connectivity index (χ1v) is 44.4. The van der Waals surface area contributed by atoms with Crippen LogP contribution in [0.4, 0.5) is 0 Å². The van der Waals surface area contributed by atoms with Crippen molar-refractivity contribution in [2.24, 2.45) is 0 Å². The Morgan fingerprint density at radius 1 is 0.274 bits per heavy atom. The number of allylic oxidation sites excluding steroid dienone is 22. The number of aliphatic hydroxyl groups is 1. The SMILES string of the molecule is CC/C=C\C/C=C\C/C=C\C/C=C\C/C=C\CCCCCC(=O)OCC(COP(=O)(O)OCC(O)COP(=O)(O)OCC(COC(=O)CCCCCCC/C=C\CCCCCCCC)OC(=O)CCCCCCCCCCCCCCCCC)OC(=O)CCC/C=C\C/C=C\C/C=C\C/C=C\C/C=C\CC. The van der Waals surface area contributed by atoms with Gasteiger partial charge in [-0.1, -0.05) is 309 Å². The fraction of sp³-hybridized carbons (Fsp3) is 0.701. The Morgan fingerprint density at radius 3 is 0.811 bits per heavy atom. The van der Waals surface area contributed by atoms with Crippen molar-refractivity contribution in [3.8, 4) is 0 Å². The summed E-state index contributed by atoms with van der Waals surface area (Å²) in [4.78, 5) is 73.1. The third-order valence-corrected chi connectivity index (χ3v) is 19.0. The summed E-state index contributed by atoms with van der Waals surface area (Å²) in [5.41, 5.74) is 0. The molecule has 608 valence electrons. The summed E-state index contributed by atoms with van der Waals surface area (Å²) in [5, 5.41) is 10.7. The van der Waals surface area contributed by atoms with E-state index in [0.717, 1.165) is 148 Å². The number of hydrogen-bond acceptors (Lipinski definition) is 15. The van der Waals surface area contributed by atoms with Crippen LogP contribution in [0.15, 0.2) is 134 Å². The Labute approximate surface area is 644 Å². The Bertz CT molecular complexity index is 2530. The van der Waals surface area contributed by atoms with Crippen LogP contribution in [-0.2, 0) is 65.4 Å². The largest absolute Gasteiger partial charge is 0.472 e. The molecule has 5 atom stereocenters. The van der Waals surface area contributed by atoms with Gasteiger partial charge in [-0.25, -0.2) is 9.13 Å². The summed E-state index contributed by atoms with van der Waals surface area (Å²) in [6.45, 7) is 4.57. The number of unbranched alkanes of at least 4 members (excludes halogenated alkanes) is 29. The molecule has 0 radical (unpaired) electrons. The first kappa shape index (κ1) is 101. The van der Waals surface area contributed by atoms with E-state index >= 15 is 0 Å². The lowest BCUT2D eigenvalue weighted by molar-refractivity contribution is -0.161. The van der Waals surface area contributed by atoms with Gasteiger partial charge in [-0.05, 0) is 135 Å². The van der Waals surface area contributed by atoms with E-state index in [-0.39, 0.29) is 25.7 Å². The van der Waals surface area contributed by atoms with Crippen LogP contribution in [0.3, 0.4) is 0 Å². The van der Waals surface area contributed by atoms with Crippen LogP contribution in [0.1, 0.15) is 336 Å². The average molecular weight is 1530 g/mol. The van der Waals surface area contributed by atoms with Crippen molar-refractivity contribution in [1.82, 2.24) is 0 Å². The van der Waals surface area contributed by atoms with E-state index in [1.54, 1.807) is 0 Å². The number of carbonyl (C=O) groups excluding carboxylic acids is 4. The molecule has 3 N–H and O–H groups in total. The van der Waals surface area contributed by atoms with Gasteiger partial charge in [0.05, 0.1) is 26.4 Å². The molecule has 5 unspecified atom stereocenters. The van der Waals surface area contributed by atoms with Crippen LogP contribution in [-0.4, -0.2) is 96.7 Å². The number of hydrogen-bond donors (Lipinski definition) is 3. The maximum atomic E-state index is 13.1. The van der Waals surface area contributed by atoms with Gasteiger partial charge in [-0.3, -0.25) is 37.3 Å². The van der Waals surface area contributed by atoms with Gasteiger partial charge in [-0.2, -0.15) is 0 Å². The van der Waals surface area contributed by atoms with Gasteiger partial charge in [-0.15, -0.1) is 0 Å². The molecule has 0 aromatic carbocycles. The fourth-order valence-electron chi connectivity index (χ4n) is 10.9. The highest BCUT2D eigenvalue weighted by Crippen LogP contribution is 2.45. The second-order valence-corrected chi connectivity index (χ2v) is 30.2. The zero-order valence-electron chi connectivity index (χ0n) is 66.6. The van der Waals surface area contributed by atoms with Gasteiger partial charge in [0.2, 0.25) is 0 Å². The van der Waals surface area contributed by atoms with Crippen LogP contribution in [0.5, 0.6) is 0 Å². The van der Waals surface area contributed by atoms with Crippen LogP contribution < -0.4 is 0 Å². The number of aliphatic hydroxyl groups excluding tert-OH is 1. The Kier molecular flexibility index (Phi) is 74.8. The minimum atomic E-state index is -5.01. The molecule has 17 nitrogen and oxygen atoms in total. The maximum Gasteiger partial charge on any atom is 0.472 e. The van der Waals surface area contributed by atoms with E-state index in [0.29, 0.717) is 32.1 Å². The molecule has 0 aromatic rings. The highest BCUT2D eigenvalue weighted by molar-refractivity contribution is 7.47. The minimum absolute atomic E-state index is 0.00563. The highest BCUT2D eigenvalue weighted by atomic mass is 31.2. The lowest BCUT2D eigenvalue weighted by Gasteiger charge is -2.21. The van der Waals surface area contributed by atoms with Crippen molar-refractivity contribution in [3.05, 3.63) is 134 Å². The molecule has 0 spiro atoms. The lowest BCUT2D eigenvalue weighted by atomic mass is 10.0. The molecule has 0 rings (SSSR count). The summed E-state index contributed by atoms with van der Waals surface area (Å²) in [5.74, 6) is -2.28. The molecule has 106 heavy (non-hydrogen) atoms. The van der Waals surface area contributed by atoms with Crippen molar-refractivity contribution in [1.29, 1.82) is 0 Å². The summed E-state index contributed by atoms with van der Waals surface area (Å²) in [6.07, 6.45) is 88.6. The summed E-state index contributed by atoms with van der Waals surface area (Å²) in [7, 11) is -9.99. The number of phosphoric ester groups is 2. The predicted octanol–water partition coefficient (Wildman–Crippen LogP) is 24.4. The monoisotopic (exact) mass is 1530 g/mol. The zero-order chi connectivity index (χ0) is 77.4. The first-order chi connectivity index (χ1) is 51.7. The fourth-order valence-corrected chi connectivity index (χ4v) is 12.4. The third-order valence-electron chi connectivity index (χ3n) is 17.1. The van der Waals surface area contributed by atoms with Crippen molar-refractivity contribution in [2.75, 3.05) is 39.6 Å².